The van der Waals surface area contributed by atoms with E-state index in [2.05, 4.69) is 18.5 Å². The lowest BCUT2D eigenvalue weighted by Crippen LogP contribution is -2.30. The Hall–Kier alpha value is -2.31. The van der Waals surface area contributed by atoms with Crippen LogP contribution in [0.4, 0.5) is 4.79 Å². The van der Waals surface area contributed by atoms with Crippen molar-refractivity contribution in [3.63, 3.8) is 0 Å². The molecule has 0 radical (unpaired) electrons. The minimum atomic E-state index is -0.958. The highest BCUT2D eigenvalue weighted by molar-refractivity contribution is 5.75. The first kappa shape index (κ1) is 18.7. The Morgan fingerprint density at radius 1 is 1.19 bits per heavy atom. The largest absolute Gasteiger partial charge is 0.461 e. The van der Waals surface area contributed by atoms with E-state index in [1.54, 1.807) is 6.92 Å². The van der Waals surface area contributed by atoms with Crippen molar-refractivity contribution < 1.29 is 28.6 Å². The monoisotopic (exact) mass is 299 g/mol. The molecule has 7 nitrogen and oxygen atoms in total. The lowest BCUT2D eigenvalue weighted by Gasteiger charge is -2.16. The van der Waals surface area contributed by atoms with Crippen LogP contribution in [0.1, 0.15) is 19.8 Å². The summed E-state index contributed by atoms with van der Waals surface area (Å²) in [5, 5.41) is 2.24. The van der Waals surface area contributed by atoms with E-state index in [1.807, 2.05) is 0 Å². The van der Waals surface area contributed by atoms with E-state index in [9.17, 15) is 14.4 Å². The van der Waals surface area contributed by atoms with Gasteiger partial charge in [-0.15, -0.1) is 0 Å². The molecule has 0 spiro atoms. The Morgan fingerprint density at radius 3 is 2.24 bits per heavy atom. The van der Waals surface area contributed by atoms with Gasteiger partial charge in [0.25, 0.3) is 0 Å². The average molecular weight is 299 g/mol. The van der Waals surface area contributed by atoms with Crippen LogP contribution in [0.15, 0.2) is 24.8 Å². The third-order valence-corrected chi connectivity index (χ3v) is 2.11. The zero-order valence-electron chi connectivity index (χ0n) is 12.3. The number of ether oxygens (including phenoxy) is 3. The standard InChI is InChI=1S/C14H21NO6/c1-5-6-19-12(16)7-11(21-14(18)15-4)8-13(17)20-9-10(2)3/h5,11H,1-2,6-9H2,3-4H3,(H,15,18). The SMILES string of the molecule is C=CCOC(=O)CC(CC(=O)OCC(=C)C)OC(=O)NC. The van der Waals surface area contributed by atoms with Crippen molar-refractivity contribution in [2.45, 2.75) is 25.9 Å². The third-order valence-electron chi connectivity index (χ3n) is 2.11. The molecule has 118 valence electrons. The van der Waals surface area contributed by atoms with Crippen molar-refractivity contribution >= 4 is 18.0 Å². The van der Waals surface area contributed by atoms with Crippen LogP contribution in [0.3, 0.4) is 0 Å². The Labute approximate surface area is 123 Å². The molecule has 7 heteroatoms. The number of hydrogen-bond acceptors (Lipinski definition) is 6. The zero-order valence-corrected chi connectivity index (χ0v) is 12.3. The van der Waals surface area contributed by atoms with E-state index in [4.69, 9.17) is 14.2 Å². The summed E-state index contributed by atoms with van der Waals surface area (Å²) < 4.78 is 14.6. The predicted octanol–water partition coefficient (Wildman–Crippen LogP) is 1.34. The van der Waals surface area contributed by atoms with Crippen LogP contribution in [0.25, 0.3) is 0 Å². The molecule has 0 aliphatic heterocycles. The molecule has 0 aromatic carbocycles. The second-order valence-electron chi connectivity index (χ2n) is 4.28. The molecular weight excluding hydrogens is 278 g/mol. The minimum absolute atomic E-state index is 0.0473. The van der Waals surface area contributed by atoms with E-state index < -0.39 is 24.1 Å². The summed E-state index contributed by atoms with van der Waals surface area (Å²) in [4.78, 5) is 34.3. The van der Waals surface area contributed by atoms with Gasteiger partial charge in [-0.25, -0.2) is 4.79 Å². The Balaban J connectivity index is 4.46. The highest BCUT2D eigenvalue weighted by atomic mass is 16.6. The number of esters is 2. The first-order chi connectivity index (χ1) is 9.88. The molecule has 1 amide bonds. The van der Waals surface area contributed by atoms with Crippen molar-refractivity contribution in [1.29, 1.82) is 0 Å². The van der Waals surface area contributed by atoms with Gasteiger partial charge >= 0.3 is 18.0 Å². The molecule has 0 saturated carbocycles. The fraction of sp³-hybridized carbons (Fsp3) is 0.500. The van der Waals surface area contributed by atoms with E-state index in [-0.39, 0.29) is 26.1 Å². The van der Waals surface area contributed by atoms with Crippen LogP contribution in [0, 0.1) is 0 Å². The molecule has 0 bridgehead atoms. The quantitative estimate of drug-likeness (QED) is 0.392. The third kappa shape index (κ3) is 10.2. The molecule has 21 heavy (non-hydrogen) atoms. The fourth-order valence-electron chi connectivity index (χ4n) is 1.21. The van der Waals surface area contributed by atoms with Crippen LogP contribution < -0.4 is 5.32 Å². The number of rotatable bonds is 9. The van der Waals surface area contributed by atoms with Gasteiger partial charge in [0.15, 0.2) is 0 Å². The Morgan fingerprint density at radius 2 is 1.76 bits per heavy atom. The van der Waals surface area contributed by atoms with Crippen LogP contribution in [0.5, 0.6) is 0 Å². The van der Waals surface area contributed by atoms with E-state index >= 15 is 0 Å². The van der Waals surface area contributed by atoms with Crippen molar-refractivity contribution in [3.05, 3.63) is 24.8 Å². The summed E-state index contributed by atoms with van der Waals surface area (Å²) in [6.45, 7) is 8.83. The van der Waals surface area contributed by atoms with Crippen LogP contribution in [-0.2, 0) is 23.8 Å². The Bertz CT molecular complexity index is 404. The van der Waals surface area contributed by atoms with Gasteiger partial charge in [0.05, 0.1) is 12.8 Å². The molecule has 0 aromatic heterocycles. The summed E-state index contributed by atoms with van der Waals surface area (Å²) in [5.74, 6) is -1.19. The van der Waals surface area contributed by atoms with E-state index in [0.29, 0.717) is 5.57 Å². The minimum Gasteiger partial charge on any atom is -0.461 e. The molecule has 0 aliphatic rings. The highest BCUT2D eigenvalue weighted by Gasteiger charge is 2.23. The smallest absolute Gasteiger partial charge is 0.407 e. The lowest BCUT2D eigenvalue weighted by molar-refractivity contribution is -0.148. The molecule has 1 atom stereocenters. The molecule has 0 heterocycles. The summed E-state index contributed by atoms with van der Waals surface area (Å²) in [7, 11) is 1.37. The first-order valence-electron chi connectivity index (χ1n) is 6.34. The maximum absolute atomic E-state index is 11.6. The maximum Gasteiger partial charge on any atom is 0.407 e. The van der Waals surface area contributed by atoms with Gasteiger partial charge < -0.3 is 19.5 Å². The number of alkyl carbamates (subject to hydrolysis) is 1. The summed E-state index contributed by atoms with van der Waals surface area (Å²) >= 11 is 0. The van der Waals surface area contributed by atoms with Gasteiger partial charge in [0.2, 0.25) is 0 Å². The van der Waals surface area contributed by atoms with Crippen LogP contribution >= 0.6 is 0 Å². The first-order valence-corrected chi connectivity index (χ1v) is 6.34. The van der Waals surface area contributed by atoms with Gasteiger partial charge in [-0.05, 0) is 12.5 Å². The summed E-state index contributed by atoms with van der Waals surface area (Å²) in [6, 6.07) is 0. The van der Waals surface area contributed by atoms with E-state index in [0.717, 1.165) is 0 Å². The summed E-state index contributed by atoms with van der Waals surface area (Å²) in [5.41, 5.74) is 0.678. The average Bonchev–Trinajstić information content (AvgIpc) is 2.42. The molecule has 0 aliphatic carbocycles. The molecule has 1 unspecified atom stereocenters. The molecule has 0 saturated heterocycles. The van der Waals surface area contributed by atoms with Gasteiger partial charge in [0.1, 0.15) is 19.3 Å². The van der Waals surface area contributed by atoms with Crippen molar-refractivity contribution in [2.24, 2.45) is 0 Å². The van der Waals surface area contributed by atoms with Gasteiger partial charge in [-0.1, -0.05) is 19.2 Å². The van der Waals surface area contributed by atoms with Crippen molar-refractivity contribution in [2.75, 3.05) is 20.3 Å². The molecule has 0 aromatic rings. The summed E-state index contributed by atoms with van der Waals surface area (Å²) in [6.07, 6.45) is -0.787. The van der Waals surface area contributed by atoms with Gasteiger partial charge in [-0.3, -0.25) is 9.59 Å². The fourth-order valence-corrected chi connectivity index (χ4v) is 1.21. The van der Waals surface area contributed by atoms with Gasteiger partial charge in [0, 0.05) is 7.05 Å². The van der Waals surface area contributed by atoms with Crippen LogP contribution in [-0.4, -0.2) is 44.4 Å². The molecule has 0 fully saturated rings. The molecular formula is C14H21NO6. The Kier molecular flexibility index (Phi) is 9.32. The second kappa shape index (κ2) is 10.5. The molecule has 0 rings (SSSR count). The number of hydrogen-bond donors (Lipinski definition) is 1. The number of nitrogens with one attached hydrogen (secondary N) is 1. The highest BCUT2D eigenvalue weighted by Crippen LogP contribution is 2.08. The molecule has 1 N–H and O–H groups in total. The predicted molar refractivity (Wildman–Crippen MR) is 75.5 cm³/mol. The van der Waals surface area contributed by atoms with Gasteiger partial charge in [-0.2, -0.15) is 0 Å². The zero-order chi connectivity index (χ0) is 16.3. The van der Waals surface area contributed by atoms with Crippen molar-refractivity contribution in [3.8, 4) is 0 Å². The maximum atomic E-state index is 11.6. The number of carbonyl (C=O) groups is 3. The normalized spacial score (nSPS) is 11.0. The van der Waals surface area contributed by atoms with Crippen LogP contribution in [0.2, 0.25) is 0 Å². The number of carbonyl (C=O) groups excluding carboxylic acids is 3. The lowest BCUT2D eigenvalue weighted by atomic mass is 10.2. The van der Waals surface area contributed by atoms with E-state index in [1.165, 1.54) is 13.1 Å². The number of amides is 1. The topological polar surface area (TPSA) is 90.9 Å². The van der Waals surface area contributed by atoms with Crippen molar-refractivity contribution in [1.82, 2.24) is 5.32 Å². The second-order valence-corrected chi connectivity index (χ2v) is 4.28.